The lowest BCUT2D eigenvalue weighted by atomic mass is 9.73. The smallest absolute Gasteiger partial charge is 0.307 e. The summed E-state index contributed by atoms with van der Waals surface area (Å²) in [7, 11) is 1.58. The number of aliphatic hydroxyl groups excluding tert-OH is 1. The molecule has 3 unspecified atom stereocenters. The van der Waals surface area contributed by atoms with Crippen molar-refractivity contribution in [2.75, 3.05) is 7.11 Å². The molecule has 0 fully saturated rings. The molecule has 7 heteroatoms. The van der Waals surface area contributed by atoms with Gasteiger partial charge in [-0.2, -0.15) is 0 Å². The molecule has 2 aromatic carbocycles. The molecule has 5 nitrogen and oxygen atoms in total. The summed E-state index contributed by atoms with van der Waals surface area (Å²) in [5.41, 5.74) is 2.72. The Bertz CT molecular complexity index is 1130. The first-order chi connectivity index (χ1) is 15.9. The summed E-state index contributed by atoms with van der Waals surface area (Å²) in [5.74, 6) is 0.217. The highest BCUT2D eigenvalue weighted by molar-refractivity contribution is 9.12. The third-order valence-corrected chi connectivity index (χ3v) is 8.45. The summed E-state index contributed by atoms with van der Waals surface area (Å²) in [6.07, 6.45) is 2.20. The summed E-state index contributed by atoms with van der Waals surface area (Å²) in [5, 5.41) is 20.6. The zero-order chi connectivity index (χ0) is 25.3. The molecule has 34 heavy (non-hydrogen) atoms. The first-order valence-corrected chi connectivity index (χ1v) is 12.5. The normalized spacial score (nSPS) is 21.4. The fraction of sp³-hybridized carbons (Fsp3) is 0.370. The third-order valence-electron chi connectivity index (χ3n) is 5.97. The maximum Gasteiger partial charge on any atom is 0.307 e. The van der Waals surface area contributed by atoms with Crippen LogP contribution in [0.3, 0.4) is 0 Å². The van der Waals surface area contributed by atoms with Crippen LogP contribution in [0.25, 0.3) is 0 Å². The van der Waals surface area contributed by atoms with E-state index in [1.807, 2.05) is 37.3 Å². The average Bonchev–Trinajstić information content (AvgIpc) is 2.74. The summed E-state index contributed by atoms with van der Waals surface area (Å²) >= 11 is 7.54. The lowest BCUT2D eigenvalue weighted by molar-refractivity contribution is -0.136. The van der Waals surface area contributed by atoms with Crippen molar-refractivity contribution in [2.45, 2.75) is 50.6 Å². The molecule has 2 N–H and O–H groups in total. The number of carbonyl (C=O) groups is 1. The number of ether oxygens (including phenoxy) is 2. The average molecular weight is 594 g/mol. The SMILES string of the molecule is COc1ccc(OC2C(Br)=CC(CC(=O)O)=CC2(Br)C(C)(C)C)c(C(O)c2cccc(C)c2)c1. The minimum absolute atomic E-state index is 0.0922. The van der Waals surface area contributed by atoms with Crippen molar-refractivity contribution in [1.82, 2.24) is 0 Å². The van der Waals surface area contributed by atoms with Crippen molar-refractivity contribution < 1.29 is 24.5 Å². The summed E-state index contributed by atoms with van der Waals surface area (Å²) < 4.78 is 12.0. The third kappa shape index (κ3) is 5.58. The standard InChI is InChI=1S/C27H30Br2O5/c1-16-7-6-8-18(11-16)24(32)20-14-19(33-5)9-10-22(20)34-25-21(28)12-17(13-23(30)31)15-27(25,29)26(2,3)4/h6-12,14-15,24-25,32H,13H2,1-5H3,(H,30,31). The van der Waals surface area contributed by atoms with Crippen LogP contribution in [0.4, 0.5) is 0 Å². The second-order valence-corrected chi connectivity index (χ2v) is 11.8. The Hall–Kier alpha value is -2.09. The molecule has 0 aliphatic heterocycles. The Balaban J connectivity index is 2.08. The van der Waals surface area contributed by atoms with Gasteiger partial charge in [0.15, 0.2) is 0 Å². The van der Waals surface area contributed by atoms with Gasteiger partial charge in [0.2, 0.25) is 0 Å². The van der Waals surface area contributed by atoms with Crippen LogP contribution in [0.15, 0.2) is 64.7 Å². The number of methoxy groups -OCH3 is 1. The lowest BCUT2D eigenvalue weighted by Crippen LogP contribution is -2.50. The Kier molecular flexibility index (Phi) is 8.00. The molecule has 0 radical (unpaired) electrons. The number of rotatable bonds is 7. The number of benzene rings is 2. The molecule has 0 saturated carbocycles. The van der Waals surface area contributed by atoms with Crippen LogP contribution in [0, 0.1) is 12.3 Å². The van der Waals surface area contributed by atoms with Crippen LogP contribution in [-0.4, -0.2) is 33.7 Å². The number of hydrogen-bond acceptors (Lipinski definition) is 4. The van der Waals surface area contributed by atoms with Gasteiger partial charge >= 0.3 is 5.97 Å². The fourth-order valence-electron chi connectivity index (χ4n) is 3.99. The number of alkyl halides is 1. The molecular weight excluding hydrogens is 564 g/mol. The molecule has 0 heterocycles. The Morgan fingerprint density at radius 2 is 1.91 bits per heavy atom. The topological polar surface area (TPSA) is 76.0 Å². The van der Waals surface area contributed by atoms with E-state index in [1.54, 1.807) is 31.4 Å². The van der Waals surface area contributed by atoms with Gasteiger partial charge in [-0.3, -0.25) is 4.79 Å². The van der Waals surface area contributed by atoms with Crippen LogP contribution in [0.5, 0.6) is 11.5 Å². The molecule has 0 spiro atoms. The van der Waals surface area contributed by atoms with E-state index in [0.717, 1.165) is 11.1 Å². The largest absolute Gasteiger partial charge is 0.497 e. The van der Waals surface area contributed by atoms with E-state index in [0.29, 0.717) is 27.1 Å². The maximum atomic E-state index is 11.4. The number of allylic oxidation sites excluding steroid dienone is 1. The molecular formula is C27H30Br2O5. The quantitative estimate of drug-likeness (QED) is 0.349. The molecule has 0 bridgehead atoms. The number of aryl methyl sites for hydroxylation is 1. The Morgan fingerprint density at radius 1 is 1.21 bits per heavy atom. The van der Waals surface area contributed by atoms with Crippen LogP contribution in [0.1, 0.15) is 50.0 Å². The van der Waals surface area contributed by atoms with Crippen LogP contribution in [-0.2, 0) is 4.79 Å². The first kappa shape index (κ1) is 26.5. The molecule has 182 valence electrons. The first-order valence-electron chi connectivity index (χ1n) is 10.9. The molecule has 2 aromatic rings. The van der Waals surface area contributed by atoms with Gasteiger partial charge < -0.3 is 19.7 Å². The number of carboxylic acid groups (broad SMARTS) is 1. The molecule has 1 aliphatic carbocycles. The Labute approximate surface area is 217 Å². The zero-order valence-corrected chi connectivity index (χ0v) is 23.1. The van der Waals surface area contributed by atoms with E-state index >= 15 is 0 Å². The van der Waals surface area contributed by atoms with Crippen molar-refractivity contribution in [1.29, 1.82) is 0 Å². The lowest BCUT2D eigenvalue weighted by Gasteiger charge is -2.45. The summed E-state index contributed by atoms with van der Waals surface area (Å²) in [4.78, 5) is 11.4. The second-order valence-electron chi connectivity index (χ2n) is 9.56. The van der Waals surface area contributed by atoms with Gasteiger partial charge in [-0.05, 0) is 47.8 Å². The van der Waals surface area contributed by atoms with E-state index in [4.69, 9.17) is 9.47 Å². The monoisotopic (exact) mass is 592 g/mol. The second kappa shape index (κ2) is 10.3. The minimum Gasteiger partial charge on any atom is -0.497 e. The highest BCUT2D eigenvalue weighted by Gasteiger charge is 2.49. The van der Waals surface area contributed by atoms with Crippen molar-refractivity contribution in [2.24, 2.45) is 5.41 Å². The van der Waals surface area contributed by atoms with Crippen LogP contribution < -0.4 is 9.47 Å². The van der Waals surface area contributed by atoms with Crippen LogP contribution >= 0.6 is 31.9 Å². The molecule has 3 rings (SSSR count). The number of carboxylic acids is 1. The Morgan fingerprint density at radius 3 is 2.50 bits per heavy atom. The maximum absolute atomic E-state index is 11.4. The van der Waals surface area contributed by atoms with E-state index in [-0.39, 0.29) is 11.8 Å². The summed E-state index contributed by atoms with van der Waals surface area (Å²) in [6, 6.07) is 13.1. The molecule has 1 aliphatic rings. The van der Waals surface area contributed by atoms with E-state index < -0.39 is 22.5 Å². The van der Waals surface area contributed by atoms with Gasteiger partial charge in [-0.25, -0.2) is 0 Å². The highest BCUT2D eigenvalue weighted by atomic mass is 79.9. The molecule has 0 aromatic heterocycles. The number of halogens is 2. The molecule has 0 amide bonds. The number of aliphatic hydroxyl groups is 1. The van der Waals surface area contributed by atoms with E-state index in [2.05, 4.69) is 52.6 Å². The van der Waals surface area contributed by atoms with Gasteiger partial charge in [-0.15, -0.1) is 0 Å². The van der Waals surface area contributed by atoms with Crippen molar-refractivity contribution in [3.05, 3.63) is 81.4 Å². The van der Waals surface area contributed by atoms with Gasteiger partial charge in [-0.1, -0.05) is 88.5 Å². The number of hydrogen-bond donors (Lipinski definition) is 2. The van der Waals surface area contributed by atoms with Gasteiger partial charge in [0.1, 0.15) is 23.7 Å². The van der Waals surface area contributed by atoms with Crippen LogP contribution in [0.2, 0.25) is 0 Å². The minimum atomic E-state index is -0.922. The number of aliphatic carboxylic acids is 1. The molecule has 3 atom stereocenters. The highest BCUT2D eigenvalue weighted by Crippen LogP contribution is 2.50. The van der Waals surface area contributed by atoms with Crippen molar-refractivity contribution in [3.63, 3.8) is 0 Å². The van der Waals surface area contributed by atoms with Gasteiger partial charge in [0.25, 0.3) is 0 Å². The van der Waals surface area contributed by atoms with Crippen molar-refractivity contribution >= 4 is 37.8 Å². The molecule has 0 saturated heterocycles. The van der Waals surface area contributed by atoms with E-state index in [1.165, 1.54) is 0 Å². The predicted molar refractivity (Wildman–Crippen MR) is 141 cm³/mol. The van der Waals surface area contributed by atoms with Crippen molar-refractivity contribution in [3.8, 4) is 11.5 Å². The zero-order valence-electron chi connectivity index (χ0n) is 19.9. The van der Waals surface area contributed by atoms with E-state index in [9.17, 15) is 15.0 Å². The van der Waals surface area contributed by atoms with Gasteiger partial charge in [0, 0.05) is 10.0 Å². The predicted octanol–water partition coefficient (Wildman–Crippen LogP) is 6.71. The summed E-state index contributed by atoms with van der Waals surface area (Å²) in [6.45, 7) is 8.17. The van der Waals surface area contributed by atoms with Gasteiger partial charge in [0.05, 0.1) is 17.9 Å². The fourth-order valence-corrected chi connectivity index (χ4v) is 5.68.